The van der Waals surface area contributed by atoms with Gasteiger partial charge in [0.1, 0.15) is 11.5 Å². The highest BCUT2D eigenvalue weighted by molar-refractivity contribution is 5.83. The second-order valence-electron chi connectivity index (χ2n) is 7.49. The predicted molar refractivity (Wildman–Crippen MR) is 121 cm³/mol. The molecule has 33 heavy (non-hydrogen) atoms. The van der Waals surface area contributed by atoms with Crippen LogP contribution in [-0.4, -0.2) is 32.7 Å². The average Bonchev–Trinajstić information content (AvgIpc) is 3.25. The third-order valence-corrected chi connectivity index (χ3v) is 5.04. The summed E-state index contributed by atoms with van der Waals surface area (Å²) in [7, 11) is 1.73. The fourth-order valence-electron chi connectivity index (χ4n) is 3.46. The Balaban J connectivity index is 1.65. The number of pyridine rings is 2. The minimum Gasteiger partial charge on any atom is -0.368 e. The summed E-state index contributed by atoms with van der Waals surface area (Å²) in [5.74, 6) is -0.551. The Morgan fingerprint density at radius 3 is 2.67 bits per heavy atom. The molecule has 0 saturated carbocycles. The molecule has 0 aliphatic carbocycles. The molecule has 1 N–H and O–H groups in total. The lowest BCUT2D eigenvalue weighted by Gasteiger charge is -2.22. The van der Waals surface area contributed by atoms with Crippen LogP contribution in [0.1, 0.15) is 11.1 Å². The number of aromatic nitrogens is 4. The molecule has 0 bridgehead atoms. The fraction of sp³-hybridized carbons (Fsp3) is 0.167. The summed E-state index contributed by atoms with van der Waals surface area (Å²) >= 11 is 0. The van der Waals surface area contributed by atoms with Gasteiger partial charge in [-0.15, -0.1) is 0 Å². The average molecular weight is 448 g/mol. The number of carbonyl (C=O) groups excluding carboxylic acids is 1. The van der Waals surface area contributed by atoms with E-state index in [2.05, 4.69) is 20.4 Å². The molecule has 0 aliphatic heterocycles. The van der Waals surface area contributed by atoms with E-state index in [0.717, 1.165) is 11.1 Å². The molecule has 0 spiro atoms. The number of nitrogens with zero attached hydrogens (tertiary/aromatic N) is 5. The number of rotatable bonds is 9. The Bertz CT molecular complexity index is 1240. The largest absolute Gasteiger partial charge is 0.368 e. The molecule has 9 heteroatoms. The molecule has 1 amide bonds. The molecule has 3 aromatic heterocycles. The highest BCUT2D eigenvalue weighted by Crippen LogP contribution is 2.31. The van der Waals surface area contributed by atoms with Gasteiger partial charge < -0.3 is 10.2 Å². The molecule has 0 saturated heterocycles. The smallest absolute Gasteiger partial charge is 0.214 e. The van der Waals surface area contributed by atoms with Crippen molar-refractivity contribution >= 4 is 17.9 Å². The van der Waals surface area contributed by atoms with E-state index in [4.69, 9.17) is 0 Å². The minimum absolute atomic E-state index is 0.118. The Kier molecular flexibility index (Phi) is 6.68. The third-order valence-electron chi connectivity index (χ3n) is 5.04. The van der Waals surface area contributed by atoms with E-state index >= 15 is 4.39 Å². The van der Waals surface area contributed by atoms with Crippen molar-refractivity contribution in [2.75, 3.05) is 16.8 Å². The monoisotopic (exact) mass is 448 g/mol. The maximum atomic E-state index is 15.1. The van der Waals surface area contributed by atoms with Crippen molar-refractivity contribution in [1.82, 2.24) is 19.7 Å². The van der Waals surface area contributed by atoms with Crippen molar-refractivity contribution in [1.29, 1.82) is 0 Å². The number of amides is 1. The maximum absolute atomic E-state index is 15.1. The van der Waals surface area contributed by atoms with Crippen LogP contribution in [0.2, 0.25) is 0 Å². The topological polar surface area (TPSA) is 75.9 Å². The number of hydrogen-bond acceptors (Lipinski definition) is 5. The minimum atomic E-state index is -0.577. The summed E-state index contributed by atoms with van der Waals surface area (Å²) in [6.45, 7) is 0.602. The summed E-state index contributed by atoms with van der Waals surface area (Å²) < 4.78 is 30.1. The Morgan fingerprint density at radius 2 is 1.97 bits per heavy atom. The van der Waals surface area contributed by atoms with Crippen LogP contribution in [0.5, 0.6) is 0 Å². The molecule has 7 nitrogen and oxygen atoms in total. The summed E-state index contributed by atoms with van der Waals surface area (Å²) in [5.41, 5.74) is 2.51. The van der Waals surface area contributed by atoms with Crippen LogP contribution in [0, 0.1) is 11.6 Å². The van der Waals surface area contributed by atoms with Crippen molar-refractivity contribution < 1.29 is 13.6 Å². The van der Waals surface area contributed by atoms with Crippen molar-refractivity contribution in [3.63, 3.8) is 0 Å². The molecule has 0 atom stereocenters. The van der Waals surface area contributed by atoms with E-state index in [1.807, 2.05) is 12.1 Å². The highest BCUT2D eigenvalue weighted by Gasteiger charge is 2.19. The SMILES string of the molecule is Cn1cc(-c2nc(NCCc3cccc(F)c3)c(N(C=O)Cc3cccnc3)cc2F)cn1. The Hall–Kier alpha value is -4.14. The number of nitrogens with one attached hydrogen (secondary N) is 1. The molecule has 0 radical (unpaired) electrons. The number of carbonyl (C=O) groups is 1. The zero-order chi connectivity index (χ0) is 23.2. The molecule has 168 valence electrons. The van der Waals surface area contributed by atoms with Gasteiger partial charge in [-0.3, -0.25) is 14.5 Å². The van der Waals surface area contributed by atoms with Gasteiger partial charge in [0.05, 0.1) is 18.4 Å². The number of benzene rings is 1. The van der Waals surface area contributed by atoms with Gasteiger partial charge in [0, 0.05) is 43.8 Å². The van der Waals surface area contributed by atoms with Crippen LogP contribution in [0.15, 0.2) is 67.3 Å². The van der Waals surface area contributed by atoms with Gasteiger partial charge in [0.15, 0.2) is 11.6 Å². The lowest BCUT2D eigenvalue weighted by molar-refractivity contribution is -0.107. The van der Waals surface area contributed by atoms with E-state index in [9.17, 15) is 9.18 Å². The Labute approximate surface area is 189 Å². The van der Waals surface area contributed by atoms with E-state index in [-0.39, 0.29) is 18.1 Å². The lowest BCUT2D eigenvalue weighted by Crippen LogP contribution is -2.23. The normalized spacial score (nSPS) is 10.8. The van der Waals surface area contributed by atoms with E-state index < -0.39 is 5.82 Å². The molecule has 4 aromatic rings. The van der Waals surface area contributed by atoms with Crippen LogP contribution in [0.3, 0.4) is 0 Å². The van der Waals surface area contributed by atoms with Crippen LogP contribution < -0.4 is 10.2 Å². The van der Waals surface area contributed by atoms with Gasteiger partial charge in [0.2, 0.25) is 6.41 Å². The predicted octanol–water partition coefficient (Wildman–Crippen LogP) is 3.97. The zero-order valence-corrected chi connectivity index (χ0v) is 17.9. The molecule has 4 rings (SSSR count). The molecule has 0 unspecified atom stereocenters. The second kappa shape index (κ2) is 9.99. The quantitative estimate of drug-likeness (QED) is 0.392. The molecular weight excluding hydrogens is 426 g/mol. The maximum Gasteiger partial charge on any atom is 0.214 e. The van der Waals surface area contributed by atoms with E-state index in [1.54, 1.807) is 42.5 Å². The zero-order valence-electron chi connectivity index (χ0n) is 17.9. The lowest BCUT2D eigenvalue weighted by atomic mass is 10.1. The first kappa shape index (κ1) is 22.1. The number of aryl methyl sites for hydroxylation is 1. The number of halogens is 2. The fourth-order valence-corrected chi connectivity index (χ4v) is 3.46. The first-order valence-electron chi connectivity index (χ1n) is 10.3. The van der Waals surface area contributed by atoms with Crippen LogP contribution in [0.4, 0.5) is 20.3 Å². The first-order chi connectivity index (χ1) is 16.0. The van der Waals surface area contributed by atoms with Crippen molar-refractivity contribution in [2.45, 2.75) is 13.0 Å². The first-order valence-corrected chi connectivity index (χ1v) is 10.3. The Morgan fingerprint density at radius 1 is 1.12 bits per heavy atom. The van der Waals surface area contributed by atoms with Crippen LogP contribution >= 0.6 is 0 Å². The highest BCUT2D eigenvalue weighted by atomic mass is 19.1. The molecular formula is C24H22F2N6O. The molecule has 3 heterocycles. The van der Waals surface area contributed by atoms with Crippen molar-refractivity contribution in [3.8, 4) is 11.3 Å². The number of anilines is 2. The van der Waals surface area contributed by atoms with Gasteiger partial charge in [-0.2, -0.15) is 5.10 Å². The van der Waals surface area contributed by atoms with Gasteiger partial charge in [0.25, 0.3) is 0 Å². The van der Waals surface area contributed by atoms with Crippen molar-refractivity contribution in [3.05, 3.63) is 90.0 Å². The van der Waals surface area contributed by atoms with E-state index in [1.165, 1.54) is 29.3 Å². The van der Waals surface area contributed by atoms with Gasteiger partial charge in [-0.05, 0) is 35.7 Å². The van der Waals surface area contributed by atoms with Crippen LogP contribution in [-0.2, 0) is 24.8 Å². The molecule has 1 aromatic carbocycles. The second-order valence-corrected chi connectivity index (χ2v) is 7.49. The van der Waals surface area contributed by atoms with Crippen LogP contribution in [0.25, 0.3) is 11.3 Å². The summed E-state index contributed by atoms with van der Waals surface area (Å²) in [6.07, 6.45) is 7.61. The summed E-state index contributed by atoms with van der Waals surface area (Å²) in [6, 6.07) is 11.2. The summed E-state index contributed by atoms with van der Waals surface area (Å²) in [4.78, 5) is 21.9. The van der Waals surface area contributed by atoms with Gasteiger partial charge >= 0.3 is 0 Å². The van der Waals surface area contributed by atoms with Gasteiger partial charge in [-0.1, -0.05) is 18.2 Å². The van der Waals surface area contributed by atoms with Gasteiger partial charge in [-0.25, -0.2) is 13.8 Å². The summed E-state index contributed by atoms with van der Waals surface area (Å²) in [5, 5.41) is 7.27. The van der Waals surface area contributed by atoms with E-state index in [0.29, 0.717) is 36.4 Å². The molecule has 0 aliphatic rings. The molecule has 0 fully saturated rings. The number of hydrogen-bond donors (Lipinski definition) is 1. The standard InChI is InChI=1S/C24H22F2N6O/c1-31-15-19(13-29-31)23-21(26)11-22(32(16-33)14-18-5-3-8-27-12-18)24(30-23)28-9-7-17-4-2-6-20(25)10-17/h2-6,8,10-13,15-16H,7,9,14H2,1H3,(H,28,30). The van der Waals surface area contributed by atoms with Crippen molar-refractivity contribution in [2.24, 2.45) is 7.05 Å². The third kappa shape index (κ3) is 5.38.